The maximum absolute atomic E-state index is 13.5. The molecule has 0 aromatic heterocycles. The Bertz CT molecular complexity index is 401. The van der Waals surface area contributed by atoms with Crippen molar-refractivity contribution < 1.29 is 13.9 Å². The Morgan fingerprint density at radius 3 is 2.39 bits per heavy atom. The van der Waals surface area contributed by atoms with Crippen molar-refractivity contribution in [2.24, 2.45) is 5.41 Å². The minimum atomic E-state index is -0.585. The van der Waals surface area contributed by atoms with Crippen molar-refractivity contribution in [3.8, 4) is 0 Å². The summed E-state index contributed by atoms with van der Waals surface area (Å²) in [5.74, 6) is -1.15. The molecule has 1 aromatic carbocycles. The first-order valence-electron chi connectivity index (χ1n) is 6.08. The van der Waals surface area contributed by atoms with E-state index in [2.05, 4.69) is 5.32 Å². The molecule has 2 atom stereocenters. The van der Waals surface area contributed by atoms with E-state index in [1.165, 1.54) is 12.1 Å². The lowest BCUT2D eigenvalue weighted by atomic mass is 9.89. The van der Waals surface area contributed by atoms with E-state index in [0.717, 1.165) is 6.07 Å². The first kappa shape index (κ1) is 15.1. The van der Waals surface area contributed by atoms with Crippen LogP contribution in [0.2, 0.25) is 0 Å². The van der Waals surface area contributed by atoms with Gasteiger partial charge in [0.1, 0.15) is 11.6 Å². The summed E-state index contributed by atoms with van der Waals surface area (Å²) in [4.78, 5) is 0. The predicted octanol–water partition coefficient (Wildman–Crippen LogP) is 3.02. The average Bonchev–Trinajstić information content (AvgIpc) is 2.24. The summed E-state index contributed by atoms with van der Waals surface area (Å²) < 4.78 is 26.3. The number of nitrogens with one attached hydrogen (secondary N) is 1. The minimum absolute atomic E-state index is 0.228. The van der Waals surface area contributed by atoms with Gasteiger partial charge in [-0.1, -0.05) is 26.8 Å². The molecule has 4 heteroatoms. The van der Waals surface area contributed by atoms with E-state index in [4.69, 9.17) is 0 Å². The van der Waals surface area contributed by atoms with Gasteiger partial charge in [0.15, 0.2) is 0 Å². The second-order valence-electron chi connectivity index (χ2n) is 5.68. The molecule has 0 spiro atoms. The smallest absolute Gasteiger partial charge is 0.130 e. The molecule has 18 heavy (non-hydrogen) atoms. The molecule has 0 aliphatic carbocycles. The van der Waals surface area contributed by atoms with E-state index in [-0.39, 0.29) is 11.5 Å². The molecular formula is C14H21F2NO. The van der Waals surface area contributed by atoms with Gasteiger partial charge in [-0.2, -0.15) is 0 Å². The zero-order valence-electron chi connectivity index (χ0n) is 11.3. The molecule has 0 aliphatic heterocycles. The number of rotatable bonds is 4. The summed E-state index contributed by atoms with van der Waals surface area (Å²) in [6, 6.07) is 3.25. The number of hydrogen-bond acceptors (Lipinski definition) is 2. The highest BCUT2D eigenvalue weighted by molar-refractivity contribution is 5.21. The Balaban J connectivity index is 2.63. The lowest BCUT2D eigenvalue weighted by Crippen LogP contribution is -2.37. The molecule has 0 heterocycles. The molecule has 102 valence electrons. The van der Waals surface area contributed by atoms with Crippen molar-refractivity contribution in [1.82, 2.24) is 5.32 Å². The van der Waals surface area contributed by atoms with Crippen LogP contribution in [0.5, 0.6) is 0 Å². The van der Waals surface area contributed by atoms with E-state index < -0.39 is 17.7 Å². The van der Waals surface area contributed by atoms with E-state index >= 15 is 0 Å². The lowest BCUT2D eigenvalue weighted by Gasteiger charge is -2.27. The largest absolute Gasteiger partial charge is 0.391 e. The van der Waals surface area contributed by atoms with Gasteiger partial charge < -0.3 is 10.4 Å². The number of hydrogen-bond donors (Lipinski definition) is 2. The molecule has 0 aliphatic rings. The van der Waals surface area contributed by atoms with Gasteiger partial charge in [-0.3, -0.25) is 0 Å². The third kappa shape index (κ3) is 4.03. The summed E-state index contributed by atoms with van der Waals surface area (Å²) in [7, 11) is 0. The van der Waals surface area contributed by atoms with Crippen LogP contribution < -0.4 is 5.32 Å². The highest BCUT2D eigenvalue weighted by atomic mass is 19.1. The van der Waals surface area contributed by atoms with Crippen molar-refractivity contribution in [1.29, 1.82) is 0 Å². The van der Waals surface area contributed by atoms with Gasteiger partial charge in [-0.05, 0) is 18.4 Å². The third-order valence-corrected chi connectivity index (χ3v) is 3.05. The zero-order valence-corrected chi connectivity index (χ0v) is 11.3. The van der Waals surface area contributed by atoms with Crippen LogP contribution in [0.15, 0.2) is 18.2 Å². The summed E-state index contributed by atoms with van der Waals surface area (Å²) >= 11 is 0. The molecule has 0 fully saturated rings. The summed E-state index contributed by atoms with van der Waals surface area (Å²) in [6.07, 6.45) is -0.525. The molecule has 2 N–H and O–H groups in total. The lowest BCUT2D eigenvalue weighted by molar-refractivity contribution is 0.0608. The molecule has 0 bridgehead atoms. The van der Waals surface area contributed by atoms with Crippen molar-refractivity contribution in [3.05, 3.63) is 35.4 Å². The summed E-state index contributed by atoms with van der Waals surface area (Å²) in [6.45, 7) is 7.95. The fraction of sp³-hybridized carbons (Fsp3) is 0.571. The Labute approximate surface area is 107 Å². The van der Waals surface area contributed by atoms with Gasteiger partial charge in [0.25, 0.3) is 0 Å². The monoisotopic (exact) mass is 257 g/mol. The van der Waals surface area contributed by atoms with Gasteiger partial charge in [0.05, 0.1) is 6.10 Å². The van der Waals surface area contributed by atoms with Crippen molar-refractivity contribution in [2.75, 3.05) is 6.54 Å². The Kier molecular flexibility index (Phi) is 4.82. The second kappa shape index (κ2) is 5.76. The Morgan fingerprint density at radius 1 is 1.28 bits per heavy atom. The number of aliphatic hydroxyl groups is 1. The van der Waals surface area contributed by atoms with Crippen molar-refractivity contribution in [2.45, 2.75) is 39.8 Å². The molecule has 2 nitrogen and oxygen atoms in total. The maximum Gasteiger partial charge on any atom is 0.130 e. The fourth-order valence-electron chi connectivity index (χ4n) is 1.56. The molecule has 2 unspecified atom stereocenters. The van der Waals surface area contributed by atoms with E-state index in [9.17, 15) is 13.9 Å². The van der Waals surface area contributed by atoms with Crippen molar-refractivity contribution in [3.63, 3.8) is 0 Å². The highest BCUT2D eigenvalue weighted by Crippen LogP contribution is 2.21. The van der Waals surface area contributed by atoms with E-state index in [0.29, 0.717) is 12.1 Å². The van der Waals surface area contributed by atoms with Crippen LogP contribution in [0.25, 0.3) is 0 Å². The SMILES string of the molecule is CC(NCC(O)C(C)(C)C)c1ccc(F)cc1F. The van der Waals surface area contributed by atoms with Crippen LogP contribution in [-0.4, -0.2) is 17.8 Å². The molecule has 0 amide bonds. The van der Waals surface area contributed by atoms with Gasteiger partial charge >= 0.3 is 0 Å². The second-order valence-corrected chi connectivity index (χ2v) is 5.68. The maximum atomic E-state index is 13.5. The number of halogens is 2. The Morgan fingerprint density at radius 2 is 1.89 bits per heavy atom. The van der Waals surface area contributed by atoms with Gasteiger partial charge in [-0.15, -0.1) is 0 Å². The molecule has 1 rings (SSSR count). The first-order chi connectivity index (χ1) is 8.21. The van der Waals surface area contributed by atoms with Gasteiger partial charge in [-0.25, -0.2) is 8.78 Å². The normalized spacial score (nSPS) is 15.5. The van der Waals surface area contributed by atoms with Crippen LogP contribution >= 0.6 is 0 Å². The predicted molar refractivity (Wildman–Crippen MR) is 68.2 cm³/mol. The Hall–Kier alpha value is -1.00. The highest BCUT2D eigenvalue weighted by Gasteiger charge is 2.22. The third-order valence-electron chi connectivity index (χ3n) is 3.05. The van der Waals surface area contributed by atoms with Gasteiger partial charge in [0, 0.05) is 24.2 Å². The number of benzene rings is 1. The van der Waals surface area contributed by atoms with Crippen LogP contribution in [0, 0.1) is 17.0 Å². The quantitative estimate of drug-likeness (QED) is 0.869. The first-order valence-corrected chi connectivity index (χ1v) is 6.08. The molecule has 0 radical (unpaired) electrons. The van der Waals surface area contributed by atoms with Crippen LogP contribution in [0.3, 0.4) is 0 Å². The molecule has 0 saturated heterocycles. The zero-order chi connectivity index (χ0) is 13.9. The van der Waals surface area contributed by atoms with E-state index in [1.807, 2.05) is 20.8 Å². The summed E-state index contributed by atoms with van der Waals surface area (Å²) in [5.41, 5.74) is 0.172. The molecular weight excluding hydrogens is 236 g/mol. The van der Waals surface area contributed by atoms with Crippen LogP contribution in [0.4, 0.5) is 8.78 Å². The topological polar surface area (TPSA) is 32.3 Å². The van der Waals surface area contributed by atoms with E-state index in [1.54, 1.807) is 6.92 Å². The van der Waals surface area contributed by atoms with Gasteiger partial charge in [0.2, 0.25) is 0 Å². The fourth-order valence-corrected chi connectivity index (χ4v) is 1.56. The number of aliphatic hydroxyl groups excluding tert-OH is 1. The summed E-state index contributed by atoms with van der Waals surface area (Å²) in [5, 5.41) is 12.9. The molecule has 1 aromatic rings. The average molecular weight is 257 g/mol. The minimum Gasteiger partial charge on any atom is -0.391 e. The standard InChI is InChI=1S/C14H21F2NO/c1-9(17-8-13(18)14(2,3)4)11-6-5-10(15)7-12(11)16/h5-7,9,13,17-18H,8H2,1-4H3. The van der Waals surface area contributed by atoms with Crippen molar-refractivity contribution >= 4 is 0 Å². The van der Waals surface area contributed by atoms with Crippen LogP contribution in [-0.2, 0) is 0 Å². The van der Waals surface area contributed by atoms with Crippen LogP contribution in [0.1, 0.15) is 39.3 Å². The molecule has 0 saturated carbocycles.